The number of nitrogens with one attached hydrogen (secondary N) is 2. The van der Waals surface area contributed by atoms with Crippen molar-refractivity contribution in [3.63, 3.8) is 0 Å². The van der Waals surface area contributed by atoms with Gasteiger partial charge in [0.2, 0.25) is 0 Å². The van der Waals surface area contributed by atoms with Crippen LogP contribution in [0.5, 0.6) is 0 Å². The topological polar surface area (TPSA) is 49.3 Å². The lowest BCUT2D eigenvalue weighted by atomic mass is 10.1. The van der Waals surface area contributed by atoms with Gasteiger partial charge in [-0.25, -0.2) is 0 Å². The van der Waals surface area contributed by atoms with E-state index < -0.39 is 0 Å². The number of hydrogen-bond acceptors (Lipinski definition) is 2. The number of hydrogen-bond donors (Lipinski definition) is 2. The van der Waals surface area contributed by atoms with E-state index >= 15 is 0 Å². The van der Waals surface area contributed by atoms with Crippen LogP contribution in [0.15, 0.2) is 47.6 Å². The highest BCUT2D eigenvalue weighted by atomic mass is 127. The fraction of sp³-hybridized carbons (Fsp3) is 0.368. The zero-order chi connectivity index (χ0) is 16.5. The van der Waals surface area contributed by atoms with Crippen molar-refractivity contribution in [1.82, 2.24) is 15.6 Å². The molecule has 0 aliphatic heterocycles. The number of guanidine groups is 1. The van der Waals surface area contributed by atoms with E-state index in [2.05, 4.69) is 52.7 Å². The van der Waals surface area contributed by atoms with Crippen LogP contribution in [0.2, 0.25) is 0 Å². The van der Waals surface area contributed by atoms with Crippen molar-refractivity contribution in [3.05, 3.63) is 65.0 Å². The molecule has 4 nitrogen and oxygen atoms in total. The first kappa shape index (κ1) is 20.4. The minimum Gasteiger partial charge on any atom is -0.356 e. The number of pyridine rings is 1. The third-order valence-electron chi connectivity index (χ3n) is 3.61. The average Bonchev–Trinajstić information content (AvgIpc) is 2.53. The fourth-order valence-electron chi connectivity index (χ4n) is 2.61. The Morgan fingerprint density at radius 1 is 1.00 bits per heavy atom. The zero-order valence-corrected chi connectivity index (χ0v) is 17.0. The number of benzene rings is 1. The number of nitrogens with zero attached hydrogens (tertiary/aromatic N) is 2. The molecule has 24 heavy (non-hydrogen) atoms. The van der Waals surface area contributed by atoms with Crippen molar-refractivity contribution in [3.8, 4) is 0 Å². The molecule has 0 unspecified atom stereocenters. The highest BCUT2D eigenvalue weighted by molar-refractivity contribution is 14.0. The predicted octanol–water partition coefficient (Wildman–Crippen LogP) is 3.27. The molecule has 5 heteroatoms. The van der Waals surface area contributed by atoms with Crippen LogP contribution in [-0.2, 0) is 12.8 Å². The van der Waals surface area contributed by atoms with Gasteiger partial charge in [0, 0.05) is 38.4 Å². The second kappa shape index (κ2) is 11.0. The smallest absolute Gasteiger partial charge is 0.190 e. The van der Waals surface area contributed by atoms with Gasteiger partial charge in [0.15, 0.2) is 5.96 Å². The van der Waals surface area contributed by atoms with Crippen molar-refractivity contribution < 1.29 is 0 Å². The summed E-state index contributed by atoms with van der Waals surface area (Å²) >= 11 is 0. The van der Waals surface area contributed by atoms with Gasteiger partial charge >= 0.3 is 0 Å². The lowest BCUT2D eigenvalue weighted by Crippen LogP contribution is -2.39. The van der Waals surface area contributed by atoms with Crippen LogP contribution < -0.4 is 10.6 Å². The normalized spacial score (nSPS) is 10.9. The number of aromatic nitrogens is 1. The number of aryl methyl sites for hydroxylation is 2. The molecule has 0 atom stereocenters. The highest BCUT2D eigenvalue weighted by Gasteiger charge is 2.00. The van der Waals surface area contributed by atoms with Crippen molar-refractivity contribution in [2.45, 2.75) is 26.7 Å². The Hall–Kier alpha value is -1.63. The third kappa shape index (κ3) is 7.29. The quantitative estimate of drug-likeness (QED) is 0.414. The van der Waals surface area contributed by atoms with Crippen LogP contribution in [0, 0.1) is 13.8 Å². The summed E-state index contributed by atoms with van der Waals surface area (Å²) in [4.78, 5) is 8.58. The molecular weight excluding hydrogens is 411 g/mol. The molecule has 1 aromatic carbocycles. The molecule has 130 valence electrons. The molecule has 0 saturated heterocycles. The zero-order valence-electron chi connectivity index (χ0n) is 14.7. The maximum Gasteiger partial charge on any atom is 0.190 e. The standard InChI is InChI=1S/C19H26N4.HI/c1-15-12-16(2)14-17(13-15)7-10-22-19(20-3)23-11-8-18-6-4-5-9-21-18;/h4-6,9,12-14H,7-8,10-11H2,1-3H3,(H2,20,22,23);1H. The SMILES string of the molecule is CN=C(NCCc1cc(C)cc(C)c1)NCCc1ccccn1.I. The van der Waals surface area contributed by atoms with Gasteiger partial charge in [0.1, 0.15) is 0 Å². The number of rotatable bonds is 6. The van der Waals surface area contributed by atoms with Gasteiger partial charge in [0.05, 0.1) is 0 Å². The third-order valence-corrected chi connectivity index (χ3v) is 3.61. The van der Waals surface area contributed by atoms with E-state index in [1.165, 1.54) is 16.7 Å². The Bertz CT molecular complexity index is 621. The van der Waals surface area contributed by atoms with Crippen molar-refractivity contribution in [2.24, 2.45) is 4.99 Å². The summed E-state index contributed by atoms with van der Waals surface area (Å²) < 4.78 is 0. The Morgan fingerprint density at radius 2 is 1.67 bits per heavy atom. The molecule has 2 rings (SSSR count). The Morgan fingerprint density at radius 3 is 2.25 bits per heavy atom. The molecule has 1 heterocycles. The highest BCUT2D eigenvalue weighted by Crippen LogP contribution is 2.08. The van der Waals surface area contributed by atoms with Crippen LogP contribution in [0.4, 0.5) is 0 Å². The van der Waals surface area contributed by atoms with Gasteiger partial charge in [0.25, 0.3) is 0 Å². The van der Waals surface area contributed by atoms with E-state index in [0.717, 1.165) is 37.6 Å². The summed E-state index contributed by atoms with van der Waals surface area (Å²) in [7, 11) is 1.80. The Kier molecular flexibility index (Phi) is 9.37. The summed E-state index contributed by atoms with van der Waals surface area (Å²) in [6, 6.07) is 12.7. The van der Waals surface area contributed by atoms with E-state index in [0.29, 0.717) is 0 Å². The van der Waals surface area contributed by atoms with Crippen LogP contribution in [-0.4, -0.2) is 31.1 Å². The largest absolute Gasteiger partial charge is 0.356 e. The van der Waals surface area contributed by atoms with Crippen LogP contribution in [0.25, 0.3) is 0 Å². The summed E-state index contributed by atoms with van der Waals surface area (Å²) in [6.45, 7) is 5.97. The first-order valence-corrected chi connectivity index (χ1v) is 8.09. The molecule has 0 spiro atoms. The van der Waals surface area contributed by atoms with Gasteiger partial charge in [-0.3, -0.25) is 9.98 Å². The molecule has 0 aliphatic carbocycles. The molecule has 0 amide bonds. The van der Waals surface area contributed by atoms with E-state index in [-0.39, 0.29) is 24.0 Å². The molecule has 0 aliphatic rings. The summed E-state index contributed by atoms with van der Waals surface area (Å²) in [6.07, 6.45) is 3.70. The first-order valence-electron chi connectivity index (χ1n) is 8.09. The van der Waals surface area contributed by atoms with E-state index in [4.69, 9.17) is 0 Å². The van der Waals surface area contributed by atoms with Gasteiger partial charge in [-0.15, -0.1) is 24.0 Å². The molecule has 0 bridgehead atoms. The lowest BCUT2D eigenvalue weighted by molar-refractivity contribution is 0.776. The van der Waals surface area contributed by atoms with Crippen molar-refractivity contribution >= 4 is 29.9 Å². The van der Waals surface area contributed by atoms with Gasteiger partial charge in [-0.2, -0.15) is 0 Å². The van der Waals surface area contributed by atoms with Gasteiger partial charge in [-0.05, 0) is 38.0 Å². The number of halogens is 1. The molecule has 0 radical (unpaired) electrons. The second-order valence-electron chi connectivity index (χ2n) is 5.74. The Balaban J connectivity index is 0.00000288. The predicted molar refractivity (Wildman–Crippen MR) is 112 cm³/mol. The monoisotopic (exact) mass is 438 g/mol. The van der Waals surface area contributed by atoms with Crippen LogP contribution in [0.3, 0.4) is 0 Å². The van der Waals surface area contributed by atoms with E-state index in [1.807, 2.05) is 24.4 Å². The number of aliphatic imine (C=N–C) groups is 1. The summed E-state index contributed by atoms with van der Waals surface area (Å²) in [5.74, 6) is 0.838. The lowest BCUT2D eigenvalue weighted by Gasteiger charge is -2.12. The first-order chi connectivity index (χ1) is 11.2. The minimum atomic E-state index is 0. The molecule has 0 fully saturated rings. The summed E-state index contributed by atoms with van der Waals surface area (Å²) in [5.41, 5.74) is 5.08. The molecular formula is C19H27IN4. The maximum absolute atomic E-state index is 4.32. The van der Waals surface area contributed by atoms with Crippen LogP contribution in [0.1, 0.15) is 22.4 Å². The van der Waals surface area contributed by atoms with Gasteiger partial charge in [-0.1, -0.05) is 35.4 Å². The second-order valence-corrected chi connectivity index (χ2v) is 5.74. The molecule has 0 saturated carbocycles. The molecule has 2 aromatic rings. The van der Waals surface area contributed by atoms with E-state index in [1.54, 1.807) is 7.05 Å². The maximum atomic E-state index is 4.32. The fourth-order valence-corrected chi connectivity index (χ4v) is 2.61. The van der Waals surface area contributed by atoms with Gasteiger partial charge < -0.3 is 10.6 Å². The van der Waals surface area contributed by atoms with Crippen molar-refractivity contribution in [1.29, 1.82) is 0 Å². The van der Waals surface area contributed by atoms with Crippen molar-refractivity contribution in [2.75, 3.05) is 20.1 Å². The molecule has 1 aromatic heterocycles. The Labute approximate surface area is 162 Å². The average molecular weight is 438 g/mol. The summed E-state index contributed by atoms with van der Waals surface area (Å²) in [5, 5.41) is 6.69. The molecule has 2 N–H and O–H groups in total. The van der Waals surface area contributed by atoms with Crippen LogP contribution >= 0.6 is 24.0 Å². The van der Waals surface area contributed by atoms with E-state index in [9.17, 15) is 0 Å². The minimum absolute atomic E-state index is 0.